The second-order valence-electron chi connectivity index (χ2n) is 2.67. The first kappa shape index (κ1) is 9.09. The number of hydrogen-bond acceptors (Lipinski definition) is 2. The Labute approximate surface area is 87.7 Å². The van der Waals surface area contributed by atoms with Crippen molar-refractivity contribution in [3.05, 3.63) is 27.4 Å². The molecule has 68 valence electrons. The van der Waals surface area contributed by atoms with Crippen molar-refractivity contribution in [2.75, 3.05) is 0 Å². The van der Waals surface area contributed by atoms with Crippen LogP contribution < -0.4 is 0 Å². The second kappa shape index (κ2) is 3.35. The average Bonchev–Trinajstić information content (AvgIpc) is 2.56. The van der Waals surface area contributed by atoms with Crippen LogP contribution in [-0.2, 0) is 6.42 Å². The van der Waals surface area contributed by atoms with E-state index >= 15 is 0 Å². The summed E-state index contributed by atoms with van der Waals surface area (Å²) in [4.78, 5) is 4.32. The third kappa shape index (κ3) is 1.48. The molecule has 0 amide bonds. The van der Waals surface area contributed by atoms with Crippen LogP contribution >= 0.6 is 27.3 Å². The van der Waals surface area contributed by atoms with Crippen molar-refractivity contribution in [1.82, 2.24) is 4.98 Å². The van der Waals surface area contributed by atoms with Crippen molar-refractivity contribution >= 4 is 37.5 Å². The number of fused-ring (bicyclic) bond motifs is 1. The standard InChI is InChI=1S/C9H7BrFNS/c1-2-7-12-8-5(10)3-4-6(11)9(8)13-7/h3-4H,2H2,1H3. The highest BCUT2D eigenvalue weighted by atomic mass is 79.9. The molecule has 13 heavy (non-hydrogen) atoms. The molecule has 0 fully saturated rings. The largest absolute Gasteiger partial charge is 0.240 e. The number of rotatable bonds is 1. The summed E-state index contributed by atoms with van der Waals surface area (Å²) in [5, 5.41) is 0.973. The van der Waals surface area contributed by atoms with Gasteiger partial charge in [0.2, 0.25) is 0 Å². The van der Waals surface area contributed by atoms with E-state index < -0.39 is 0 Å². The van der Waals surface area contributed by atoms with Gasteiger partial charge in [0.15, 0.2) is 0 Å². The predicted molar refractivity (Wildman–Crippen MR) is 56.7 cm³/mol. The highest BCUT2D eigenvalue weighted by Gasteiger charge is 2.09. The van der Waals surface area contributed by atoms with E-state index in [1.54, 1.807) is 6.07 Å². The van der Waals surface area contributed by atoms with E-state index in [1.165, 1.54) is 17.4 Å². The van der Waals surface area contributed by atoms with Gasteiger partial charge in [-0.05, 0) is 34.5 Å². The van der Waals surface area contributed by atoms with Gasteiger partial charge in [0.1, 0.15) is 5.82 Å². The van der Waals surface area contributed by atoms with Gasteiger partial charge in [0, 0.05) is 4.47 Å². The van der Waals surface area contributed by atoms with Gasteiger partial charge < -0.3 is 0 Å². The molecule has 0 saturated heterocycles. The molecule has 0 N–H and O–H groups in total. The lowest BCUT2D eigenvalue weighted by Gasteiger charge is -1.92. The molecular formula is C9H7BrFNS. The minimum Gasteiger partial charge on any atom is -0.240 e. The summed E-state index contributed by atoms with van der Waals surface area (Å²) in [5.41, 5.74) is 0.738. The van der Waals surface area contributed by atoms with Crippen molar-refractivity contribution < 1.29 is 4.39 Å². The Kier molecular flexibility index (Phi) is 2.34. The molecule has 1 aromatic carbocycles. The van der Waals surface area contributed by atoms with Crippen LogP contribution in [-0.4, -0.2) is 4.98 Å². The van der Waals surface area contributed by atoms with Crippen molar-refractivity contribution in [2.45, 2.75) is 13.3 Å². The number of hydrogen-bond donors (Lipinski definition) is 0. The van der Waals surface area contributed by atoms with Gasteiger partial charge in [-0.3, -0.25) is 0 Å². The Balaban J connectivity index is 2.80. The maximum Gasteiger partial charge on any atom is 0.142 e. The number of nitrogens with zero attached hydrogens (tertiary/aromatic N) is 1. The van der Waals surface area contributed by atoms with E-state index in [1.807, 2.05) is 6.92 Å². The van der Waals surface area contributed by atoms with Gasteiger partial charge in [-0.25, -0.2) is 9.37 Å². The number of thiazole rings is 1. The zero-order valence-corrected chi connectivity index (χ0v) is 9.38. The Hall–Kier alpha value is -0.480. The van der Waals surface area contributed by atoms with Crippen molar-refractivity contribution in [3.63, 3.8) is 0 Å². The third-order valence-electron chi connectivity index (χ3n) is 1.79. The van der Waals surface area contributed by atoms with Crippen LogP contribution in [0.4, 0.5) is 4.39 Å². The lowest BCUT2D eigenvalue weighted by Crippen LogP contribution is -1.77. The topological polar surface area (TPSA) is 12.9 Å². The molecule has 2 rings (SSSR count). The molecule has 0 radical (unpaired) electrons. The average molecular weight is 260 g/mol. The van der Waals surface area contributed by atoms with Crippen molar-refractivity contribution in [3.8, 4) is 0 Å². The van der Waals surface area contributed by atoms with Crippen LogP contribution in [0.25, 0.3) is 10.2 Å². The molecular weight excluding hydrogens is 253 g/mol. The Bertz CT molecular complexity index is 413. The summed E-state index contributed by atoms with van der Waals surface area (Å²) in [6.45, 7) is 2.02. The van der Waals surface area contributed by atoms with Gasteiger partial charge in [-0.15, -0.1) is 11.3 Å². The van der Waals surface area contributed by atoms with Crippen LogP contribution in [0, 0.1) is 5.82 Å². The minimum atomic E-state index is -0.185. The molecule has 1 heterocycles. The lowest BCUT2D eigenvalue weighted by atomic mass is 10.3. The fourth-order valence-electron chi connectivity index (χ4n) is 1.14. The van der Waals surface area contributed by atoms with Crippen LogP contribution in [0.2, 0.25) is 0 Å². The number of aryl methyl sites for hydroxylation is 1. The van der Waals surface area contributed by atoms with E-state index in [-0.39, 0.29) is 5.82 Å². The molecule has 0 bridgehead atoms. The first-order valence-corrected chi connectivity index (χ1v) is 5.56. The molecule has 1 nitrogen and oxygen atoms in total. The normalized spacial score (nSPS) is 11.0. The Morgan fingerprint density at radius 3 is 2.92 bits per heavy atom. The molecule has 4 heteroatoms. The summed E-state index contributed by atoms with van der Waals surface area (Å²) in [6.07, 6.45) is 0.852. The maximum absolute atomic E-state index is 13.3. The number of benzene rings is 1. The molecule has 0 aliphatic heterocycles. The summed E-state index contributed by atoms with van der Waals surface area (Å²) in [6, 6.07) is 3.15. The monoisotopic (exact) mass is 259 g/mol. The first-order chi connectivity index (χ1) is 6.22. The van der Waals surface area contributed by atoms with E-state index in [4.69, 9.17) is 0 Å². The quantitative estimate of drug-likeness (QED) is 0.760. The lowest BCUT2D eigenvalue weighted by molar-refractivity contribution is 0.641. The summed E-state index contributed by atoms with van der Waals surface area (Å²) in [7, 11) is 0. The summed E-state index contributed by atoms with van der Waals surface area (Å²) >= 11 is 4.77. The van der Waals surface area contributed by atoms with E-state index in [0.717, 1.165) is 21.4 Å². The molecule has 2 aromatic rings. The Morgan fingerprint density at radius 1 is 1.54 bits per heavy atom. The van der Waals surface area contributed by atoms with Crippen molar-refractivity contribution in [2.24, 2.45) is 0 Å². The van der Waals surface area contributed by atoms with Crippen LogP contribution in [0.5, 0.6) is 0 Å². The maximum atomic E-state index is 13.3. The van der Waals surface area contributed by atoms with Crippen LogP contribution in [0.15, 0.2) is 16.6 Å². The molecule has 0 aliphatic carbocycles. The van der Waals surface area contributed by atoms with Gasteiger partial charge in [-0.1, -0.05) is 6.92 Å². The molecule has 0 spiro atoms. The van der Waals surface area contributed by atoms with Crippen LogP contribution in [0.1, 0.15) is 11.9 Å². The third-order valence-corrected chi connectivity index (χ3v) is 3.64. The highest BCUT2D eigenvalue weighted by molar-refractivity contribution is 9.10. The van der Waals surface area contributed by atoms with E-state index in [9.17, 15) is 4.39 Å². The molecule has 0 aliphatic rings. The summed E-state index contributed by atoms with van der Waals surface area (Å²) in [5.74, 6) is -0.185. The second-order valence-corrected chi connectivity index (χ2v) is 4.61. The fourth-order valence-corrected chi connectivity index (χ4v) is 2.63. The molecule has 0 saturated carbocycles. The minimum absolute atomic E-state index is 0.185. The first-order valence-electron chi connectivity index (χ1n) is 3.95. The van der Waals surface area contributed by atoms with Gasteiger partial charge in [0.25, 0.3) is 0 Å². The van der Waals surface area contributed by atoms with Crippen molar-refractivity contribution in [1.29, 1.82) is 0 Å². The smallest absolute Gasteiger partial charge is 0.142 e. The molecule has 1 aromatic heterocycles. The van der Waals surface area contributed by atoms with Gasteiger partial charge >= 0.3 is 0 Å². The van der Waals surface area contributed by atoms with Gasteiger partial charge in [-0.2, -0.15) is 0 Å². The summed E-state index contributed by atoms with van der Waals surface area (Å²) < 4.78 is 14.8. The molecule has 0 unspecified atom stereocenters. The van der Waals surface area contributed by atoms with Crippen LogP contribution in [0.3, 0.4) is 0 Å². The Morgan fingerprint density at radius 2 is 2.31 bits per heavy atom. The fraction of sp³-hybridized carbons (Fsp3) is 0.222. The molecule has 0 atom stereocenters. The zero-order chi connectivity index (χ0) is 9.42. The van der Waals surface area contributed by atoms with Gasteiger partial charge in [0.05, 0.1) is 15.2 Å². The number of aromatic nitrogens is 1. The number of halogens is 2. The SMILES string of the molecule is CCc1nc2c(Br)ccc(F)c2s1. The highest BCUT2D eigenvalue weighted by Crippen LogP contribution is 2.30. The van der Waals surface area contributed by atoms with E-state index in [2.05, 4.69) is 20.9 Å². The predicted octanol–water partition coefficient (Wildman–Crippen LogP) is 3.76. The zero-order valence-electron chi connectivity index (χ0n) is 6.97. The van der Waals surface area contributed by atoms with E-state index in [0.29, 0.717) is 4.70 Å².